The summed E-state index contributed by atoms with van der Waals surface area (Å²) in [5, 5.41) is 2.81. The normalized spacial score (nSPS) is 14.5. The molecule has 0 bridgehead atoms. The van der Waals surface area contributed by atoms with Crippen molar-refractivity contribution in [2.24, 2.45) is 0 Å². The molecule has 28 heavy (non-hydrogen) atoms. The Morgan fingerprint density at radius 1 is 0.964 bits per heavy atom. The van der Waals surface area contributed by atoms with Crippen LogP contribution in [-0.4, -0.2) is 75.3 Å². The van der Waals surface area contributed by atoms with Crippen molar-refractivity contribution < 1.29 is 19.0 Å². The van der Waals surface area contributed by atoms with Crippen molar-refractivity contribution in [3.05, 3.63) is 30.1 Å². The van der Waals surface area contributed by atoms with Crippen LogP contribution in [0.25, 0.3) is 0 Å². The molecule has 1 amide bonds. The second-order valence-electron chi connectivity index (χ2n) is 6.43. The third-order valence-corrected chi connectivity index (χ3v) is 4.61. The molecule has 2 heterocycles. The van der Waals surface area contributed by atoms with Crippen molar-refractivity contribution >= 4 is 17.5 Å². The lowest BCUT2D eigenvalue weighted by Crippen LogP contribution is -2.45. The summed E-state index contributed by atoms with van der Waals surface area (Å²) in [6.07, 6.45) is 3.07. The SMILES string of the molecule is COc1cc(NC(=O)c2cnc(N3CCN(C)CC3)nc2)cc(OC)c1OC. The predicted octanol–water partition coefficient (Wildman–Crippen LogP) is 1.51. The molecule has 150 valence electrons. The van der Waals surface area contributed by atoms with Crippen LogP contribution in [0.15, 0.2) is 24.5 Å². The van der Waals surface area contributed by atoms with Gasteiger partial charge < -0.3 is 29.3 Å². The average molecular weight is 387 g/mol. The van der Waals surface area contributed by atoms with E-state index in [4.69, 9.17) is 14.2 Å². The predicted molar refractivity (Wildman–Crippen MR) is 106 cm³/mol. The molecular weight excluding hydrogens is 362 g/mol. The van der Waals surface area contributed by atoms with E-state index in [1.165, 1.54) is 33.7 Å². The molecule has 1 saturated heterocycles. The fourth-order valence-electron chi connectivity index (χ4n) is 2.96. The number of carbonyl (C=O) groups is 1. The van der Waals surface area contributed by atoms with E-state index in [1.807, 2.05) is 0 Å². The third-order valence-electron chi connectivity index (χ3n) is 4.61. The minimum absolute atomic E-state index is 0.320. The Hall–Kier alpha value is -3.07. The van der Waals surface area contributed by atoms with Gasteiger partial charge in [-0.05, 0) is 7.05 Å². The lowest BCUT2D eigenvalue weighted by Gasteiger charge is -2.32. The molecule has 0 aliphatic carbocycles. The van der Waals surface area contributed by atoms with Crippen LogP contribution in [0.4, 0.5) is 11.6 Å². The Kier molecular flexibility index (Phi) is 6.15. The Morgan fingerprint density at radius 3 is 2.04 bits per heavy atom. The molecule has 3 rings (SSSR count). The van der Waals surface area contributed by atoms with E-state index in [-0.39, 0.29) is 5.91 Å². The molecule has 1 aliphatic heterocycles. The first kappa shape index (κ1) is 19.7. The second kappa shape index (κ2) is 8.75. The Morgan fingerprint density at radius 2 is 1.54 bits per heavy atom. The summed E-state index contributed by atoms with van der Waals surface area (Å²) in [6.45, 7) is 3.67. The number of aromatic nitrogens is 2. The number of methoxy groups -OCH3 is 3. The maximum Gasteiger partial charge on any atom is 0.258 e. The summed E-state index contributed by atoms with van der Waals surface area (Å²) in [6, 6.07) is 3.33. The topological polar surface area (TPSA) is 89.1 Å². The smallest absolute Gasteiger partial charge is 0.258 e. The molecule has 9 nitrogen and oxygen atoms in total. The van der Waals surface area contributed by atoms with Crippen LogP contribution in [0.1, 0.15) is 10.4 Å². The highest BCUT2D eigenvalue weighted by Gasteiger charge is 2.18. The monoisotopic (exact) mass is 387 g/mol. The van der Waals surface area contributed by atoms with Gasteiger partial charge in [-0.1, -0.05) is 0 Å². The Bertz CT molecular complexity index is 795. The molecule has 1 aromatic carbocycles. The maximum absolute atomic E-state index is 12.6. The minimum atomic E-state index is -0.320. The number of hydrogen-bond donors (Lipinski definition) is 1. The number of nitrogens with one attached hydrogen (secondary N) is 1. The quantitative estimate of drug-likeness (QED) is 0.798. The van der Waals surface area contributed by atoms with Gasteiger partial charge in [-0.15, -0.1) is 0 Å². The summed E-state index contributed by atoms with van der Waals surface area (Å²) in [5.74, 6) is 1.69. The molecule has 2 aromatic rings. The molecule has 0 unspecified atom stereocenters. The van der Waals surface area contributed by atoms with Gasteiger partial charge in [0.2, 0.25) is 11.7 Å². The third kappa shape index (κ3) is 4.25. The van der Waals surface area contributed by atoms with Crippen LogP contribution in [0.3, 0.4) is 0 Å². The van der Waals surface area contributed by atoms with Gasteiger partial charge >= 0.3 is 0 Å². The van der Waals surface area contributed by atoms with Gasteiger partial charge in [-0.25, -0.2) is 9.97 Å². The van der Waals surface area contributed by atoms with E-state index < -0.39 is 0 Å². The summed E-state index contributed by atoms with van der Waals surface area (Å²) in [5.41, 5.74) is 0.884. The zero-order valence-electron chi connectivity index (χ0n) is 16.6. The van der Waals surface area contributed by atoms with E-state index in [0.29, 0.717) is 34.4 Å². The van der Waals surface area contributed by atoms with Crippen molar-refractivity contribution in [2.75, 3.05) is 64.8 Å². The van der Waals surface area contributed by atoms with Crippen LogP contribution in [-0.2, 0) is 0 Å². The highest BCUT2D eigenvalue weighted by Crippen LogP contribution is 2.40. The fraction of sp³-hybridized carbons (Fsp3) is 0.421. The number of piperazine rings is 1. The highest BCUT2D eigenvalue weighted by atomic mass is 16.5. The first-order chi connectivity index (χ1) is 13.5. The molecule has 9 heteroatoms. The zero-order chi connectivity index (χ0) is 20.1. The molecule has 1 aliphatic rings. The fourth-order valence-corrected chi connectivity index (χ4v) is 2.96. The van der Waals surface area contributed by atoms with Crippen molar-refractivity contribution in [3.8, 4) is 17.2 Å². The van der Waals surface area contributed by atoms with Gasteiger partial charge in [0, 0.05) is 56.4 Å². The molecule has 0 radical (unpaired) electrons. The van der Waals surface area contributed by atoms with E-state index in [0.717, 1.165) is 26.2 Å². The van der Waals surface area contributed by atoms with Gasteiger partial charge in [0.1, 0.15) is 0 Å². The van der Waals surface area contributed by atoms with Crippen molar-refractivity contribution in [3.63, 3.8) is 0 Å². The molecular formula is C19H25N5O4. The molecule has 0 saturated carbocycles. The van der Waals surface area contributed by atoms with Gasteiger partial charge in [0.15, 0.2) is 11.5 Å². The van der Waals surface area contributed by atoms with Crippen LogP contribution in [0, 0.1) is 0 Å². The van der Waals surface area contributed by atoms with Gasteiger partial charge in [-0.2, -0.15) is 0 Å². The standard InChI is InChI=1S/C19H25N5O4/c1-23-5-7-24(8-6-23)19-20-11-13(12-21-19)18(25)22-14-9-15(26-2)17(28-4)16(10-14)27-3/h9-12H,5-8H2,1-4H3,(H,22,25). The number of benzene rings is 1. The first-order valence-electron chi connectivity index (χ1n) is 8.92. The summed E-state index contributed by atoms with van der Waals surface area (Å²) < 4.78 is 15.9. The molecule has 0 spiro atoms. The molecule has 1 fully saturated rings. The van der Waals surface area contributed by atoms with E-state index in [1.54, 1.807) is 12.1 Å². The Labute approximate surface area is 164 Å². The lowest BCUT2D eigenvalue weighted by atomic mass is 10.2. The van der Waals surface area contributed by atoms with Crippen LogP contribution in [0.5, 0.6) is 17.2 Å². The first-order valence-corrected chi connectivity index (χ1v) is 8.92. The van der Waals surface area contributed by atoms with Crippen LogP contribution < -0.4 is 24.4 Å². The van der Waals surface area contributed by atoms with E-state index in [2.05, 4.69) is 32.1 Å². The molecule has 1 aromatic heterocycles. The van der Waals surface area contributed by atoms with E-state index >= 15 is 0 Å². The Balaban J connectivity index is 1.72. The summed E-state index contributed by atoms with van der Waals surface area (Å²) in [7, 11) is 6.66. The highest BCUT2D eigenvalue weighted by molar-refractivity contribution is 6.04. The number of rotatable bonds is 6. The number of likely N-dealkylation sites (N-methyl/N-ethyl adjacent to an activating group) is 1. The molecule has 1 N–H and O–H groups in total. The van der Waals surface area contributed by atoms with Gasteiger partial charge in [0.25, 0.3) is 5.91 Å². The maximum atomic E-state index is 12.6. The largest absolute Gasteiger partial charge is 0.493 e. The number of carbonyl (C=O) groups excluding carboxylic acids is 1. The summed E-state index contributed by atoms with van der Waals surface area (Å²) in [4.78, 5) is 25.6. The van der Waals surface area contributed by atoms with Gasteiger partial charge in [-0.3, -0.25) is 4.79 Å². The number of amides is 1. The summed E-state index contributed by atoms with van der Waals surface area (Å²) >= 11 is 0. The number of hydrogen-bond acceptors (Lipinski definition) is 8. The second-order valence-corrected chi connectivity index (χ2v) is 6.43. The van der Waals surface area contributed by atoms with Crippen molar-refractivity contribution in [2.45, 2.75) is 0 Å². The van der Waals surface area contributed by atoms with Crippen LogP contribution >= 0.6 is 0 Å². The van der Waals surface area contributed by atoms with Crippen LogP contribution in [0.2, 0.25) is 0 Å². The zero-order valence-corrected chi connectivity index (χ0v) is 16.6. The minimum Gasteiger partial charge on any atom is -0.493 e. The van der Waals surface area contributed by atoms with E-state index in [9.17, 15) is 4.79 Å². The van der Waals surface area contributed by atoms with Crippen molar-refractivity contribution in [1.82, 2.24) is 14.9 Å². The average Bonchev–Trinajstić information content (AvgIpc) is 2.73. The number of anilines is 2. The number of ether oxygens (including phenoxy) is 3. The van der Waals surface area contributed by atoms with Gasteiger partial charge in [0.05, 0.1) is 26.9 Å². The lowest BCUT2D eigenvalue weighted by molar-refractivity contribution is 0.102. The van der Waals surface area contributed by atoms with Crippen molar-refractivity contribution in [1.29, 1.82) is 0 Å². The number of nitrogens with zero attached hydrogens (tertiary/aromatic N) is 4. The molecule has 0 atom stereocenters.